The topological polar surface area (TPSA) is 46.3 Å². The quantitative estimate of drug-likeness (QED) is 0.798. The largest absolute Gasteiger partial charge is 0.342 e. The molecule has 0 saturated carbocycles. The van der Waals surface area contributed by atoms with E-state index in [1.54, 1.807) is 0 Å². The van der Waals surface area contributed by atoms with E-state index in [0.29, 0.717) is 12.5 Å². The Bertz CT molecular complexity index is 248. The van der Waals surface area contributed by atoms with Gasteiger partial charge in [0.25, 0.3) is 0 Å². The molecule has 2 N–H and O–H groups in total. The zero-order chi connectivity index (χ0) is 12.3. The monoisotopic (exact) mass is 226 g/mol. The molecule has 3 heteroatoms. The van der Waals surface area contributed by atoms with Crippen molar-refractivity contribution in [1.82, 2.24) is 4.90 Å². The van der Waals surface area contributed by atoms with E-state index in [4.69, 9.17) is 5.73 Å². The van der Waals surface area contributed by atoms with Crippen LogP contribution in [0.4, 0.5) is 0 Å². The van der Waals surface area contributed by atoms with Gasteiger partial charge in [-0.1, -0.05) is 27.7 Å². The number of nitrogens with two attached hydrogens (primary N) is 1. The molecule has 1 atom stereocenters. The molecule has 0 aromatic heterocycles. The van der Waals surface area contributed by atoms with Crippen LogP contribution in [0.25, 0.3) is 0 Å². The van der Waals surface area contributed by atoms with Crippen LogP contribution >= 0.6 is 0 Å². The lowest BCUT2D eigenvalue weighted by Gasteiger charge is -2.40. The second-order valence-electron chi connectivity index (χ2n) is 6.11. The minimum Gasteiger partial charge on any atom is -0.342 e. The first kappa shape index (κ1) is 13.5. The first-order valence-corrected chi connectivity index (χ1v) is 6.36. The minimum absolute atomic E-state index is 0.00565. The Morgan fingerprint density at radius 2 is 2.06 bits per heavy atom. The Morgan fingerprint density at radius 3 is 2.50 bits per heavy atom. The van der Waals surface area contributed by atoms with Crippen molar-refractivity contribution in [3.05, 3.63) is 0 Å². The lowest BCUT2D eigenvalue weighted by Crippen LogP contribution is -2.48. The summed E-state index contributed by atoms with van der Waals surface area (Å²) in [7, 11) is 0. The van der Waals surface area contributed by atoms with Gasteiger partial charge in [-0.25, -0.2) is 0 Å². The summed E-state index contributed by atoms with van der Waals surface area (Å²) in [4.78, 5) is 14.3. The Kier molecular flexibility index (Phi) is 4.36. The summed E-state index contributed by atoms with van der Waals surface area (Å²) in [6, 6.07) is 0. The van der Waals surface area contributed by atoms with E-state index in [0.717, 1.165) is 19.5 Å². The number of carbonyl (C=O) groups is 1. The van der Waals surface area contributed by atoms with Gasteiger partial charge in [-0.2, -0.15) is 0 Å². The molecule has 1 saturated heterocycles. The maximum atomic E-state index is 12.3. The number of rotatable bonds is 3. The SMILES string of the molecule is CC(C)C(CN)C(=O)N1CCCC(C)(C)C1. The number of amides is 1. The van der Waals surface area contributed by atoms with E-state index in [9.17, 15) is 4.79 Å². The van der Waals surface area contributed by atoms with Gasteiger partial charge >= 0.3 is 0 Å². The van der Waals surface area contributed by atoms with E-state index in [-0.39, 0.29) is 17.2 Å². The fraction of sp³-hybridized carbons (Fsp3) is 0.923. The molecule has 0 radical (unpaired) electrons. The van der Waals surface area contributed by atoms with Crippen LogP contribution in [0.5, 0.6) is 0 Å². The van der Waals surface area contributed by atoms with Gasteiger partial charge in [0.1, 0.15) is 0 Å². The fourth-order valence-electron chi connectivity index (χ4n) is 2.50. The summed E-state index contributed by atoms with van der Waals surface area (Å²) in [5, 5.41) is 0. The van der Waals surface area contributed by atoms with Crippen molar-refractivity contribution in [2.24, 2.45) is 23.0 Å². The highest BCUT2D eigenvalue weighted by molar-refractivity contribution is 5.79. The summed E-state index contributed by atoms with van der Waals surface area (Å²) in [5.74, 6) is 0.585. The van der Waals surface area contributed by atoms with Crippen LogP contribution in [0, 0.1) is 17.3 Å². The van der Waals surface area contributed by atoms with Crippen molar-refractivity contribution in [1.29, 1.82) is 0 Å². The van der Waals surface area contributed by atoms with E-state index in [2.05, 4.69) is 27.7 Å². The van der Waals surface area contributed by atoms with E-state index >= 15 is 0 Å². The number of likely N-dealkylation sites (tertiary alicyclic amines) is 1. The average molecular weight is 226 g/mol. The highest BCUT2D eigenvalue weighted by atomic mass is 16.2. The Balaban J connectivity index is 2.66. The molecule has 1 aliphatic heterocycles. The van der Waals surface area contributed by atoms with E-state index < -0.39 is 0 Å². The molecule has 16 heavy (non-hydrogen) atoms. The molecular weight excluding hydrogens is 200 g/mol. The molecule has 0 bridgehead atoms. The predicted octanol–water partition coefficient (Wildman–Crippen LogP) is 1.87. The lowest BCUT2D eigenvalue weighted by molar-refractivity contribution is -0.139. The Hall–Kier alpha value is -0.570. The Morgan fingerprint density at radius 1 is 1.44 bits per heavy atom. The van der Waals surface area contributed by atoms with Gasteiger partial charge in [0.05, 0.1) is 5.92 Å². The lowest BCUT2D eigenvalue weighted by atomic mass is 9.83. The molecular formula is C13H26N2O. The summed E-state index contributed by atoms with van der Waals surface area (Å²) in [5.41, 5.74) is 5.97. The summed E-state index contributed by atoms with van der Waals surface area (Å²) < 4.78 is 0. The van der Waals surface area contributed by atoms with E-state index in [1.165, 1.54) is 6.42 Å². The molecule has 0 aliphatic carbocycles. The minimum atomic E-state index is -0.00565. The molecule has 94 valence electrons. The van der Waals surface area contributed by atoms with Gasteiger partial charge < -0.3 is 10.6 Å². The Labute approximate surface area is 99.4 Å². The van der Waals surface area contributed by atoms with Crippen molar-refractivity contribution >= 4 is 5.91 Å². The van der Waals surface area contributed by atoms with Crippen LogP contribution < -0.4 is 5.73 Å². The van der Waals surface area contributed by atoms with Gasteiger partial charge in [-0.05, 0) is 24.2 Å². The van der Waals surface area contributed by atoms with Crippen molar-refractivity contribution in [3.63, 3.8) is 0 Å². The van der Waals surface area contributed by atoms with Crippen molar-refractivity contribution in [2.45, 2.75) is 40.5 Å². The zero-order valence-electron chi connectivity index (χ0n) is 11.1. The number of nitrogens with zero attached hydrogens (tertiary/aromatic N) is 1. The van der Waals surface area contributed by atoms with Crippen LogP contribution in [-0.4, -0.2) is 30.4 Å². The van der Waals surface area contributed by atoms with Crippen molar-refractivity contribution in [3.8, 4) is 0 Å². The van der Waals surface area contributed by atoms with Crippen molar-refractivity contribution in [2.75, 3.05) is 19.6 Å². The third kappa shape index (κ3) is 3.21. The predicted molar refractivity (Wildman–Crippen MR) is 67.0 cm³/mol. The normalized spacial score (nSPS) is 22.2. The molecule has 0 spiro atoms. The first-order chi connectivity index (χ1) is 7.37. The standard InChI is InChI=1S/C13H26N2O/c1-10(2)11(8-14)12(16)15-7-5-6-13(3,4)9-15/h10-11H,5-9,14H2,1-4H3. The number of hydrogen-bond acceptors (Lipinski definition) is 2. The molecule has 0 aromatic rings. The van der Waals surface area contributed by atoms with Gasteiger partial charge in [0.15, 0.2) is 0 Å². The zero-order valence-corrected chi connectivity index (χ0v) is 11.1. The fourth-order valence-corrected chi connectivity index (χ4v) is 2.50. The summed E-state index contributed by atoms with van der Waals surface area (Å²) in [6.07, 6.45) is 2.33. The molecule has 1 fully saturated rings. The van der Waals surface area contributed by atoms with Gasteiger partial charge in [0.2, 0.25) is 5.91 Å². The van der Waals surface area contributed by atoms with Crippen LogP contribution in [-0.2, 0) is 4.79 Å². The van der Waals surface area contributed by atoms with Gasteiger partial charge in [0, 0.05) is 19.6 Å². The van der Waals surface area contributed by atoms with Crippen molar-refractivity contribution < 1.29 is 4.79 Å². The highest BCUT2D eigenvalue weighted by Gasteiger charge is 2.32. The average Bonchev–Trinajstić information content (AvgIpc) is 2.16. The van der Waals surface area contributed by atoms with Crippen LogP contribution in [0.1, 0.15) is 40.5 Å². The molecule has 3 nitrogen and oxygen atoms in total. The third-order valence-corrected chi connectivity index (χ3v) is 3.59. The molecule has 1 rings (SSSR count). The maximum absolute atomic E-state index is 12.3. The smallest absolute Gasteiger partial charge is 0.227 e. The maximum Gasteiger partial charge on any atom is 0.227 e. The molecule has 0 aromatic carbocycles. The number of piperidine rings is 1. The van der Waals surface area contributed by atoms with E-state index in [1.807, 2.05) is 4.90 Å². The highest BCUT2D eigenvalue weighted by Crippen LogP contribution is 2.29. The van der Waals surface area contributed by atoms with Gasteiger partial charge in [-0.15, -0.1) is 0 Å². The first-order valence-electron chi connectivity index (χ1n) is 6.36. The second-order valence-corrected chi connectivity index (χ2v) is 6.11. The second kappa shape index (κ2) is 5.17. The van der Waals surface area contributed by atoms with Crippen LogP contribution in [0.15, 0.2) is 0 Å². The third-order valence-electron chi connectivity index (χ3n) is 3.59. The van der Waals surface area contributed by atoms with Gasteiger partial charge in [-0.3, -0.25) is 4.79 Å². The molecule has 1 heterocycles. The number of hydrogen-bond donors (Lipinski definition) is 1. The van der Waals surface area contributed by atoms with Crippen LogP contribution in [0.3, 0.4) is 0 Å². The summed E-state index contributed by atoms with van der Waals surface area (Å²) >= 11 is 0. The summed E-state index contributed by atoms with van der Waals surface area (Å²) in [6.45, 7) is 10.9. The molecule has 1 aliphatic rings. The number of carbonyl (C=O) groups excluding carboxylic acids is 1. The molecule has 1 amide bonds. The van der Waals surface area contributed by atoms with Crippen LogP contribution in [0.2, 0.25) is 0 Å². The molecule has 1 unspecified atom stereocenters.